The van der Waals surface area contributed by atoms with Crippen molar-refractivity contribution < 1.29 is 19.1 Å². The Labute approximate surface area is 189 Å². The van der Waals surface area contributed by atoms with Gasteiger partial charge in [-0.2, -0.15) is 0 Å². The van der Waals surface area contributed by atoms with Crippen LogP contribution in [0.4, 0.5) is 0 Å². The number of hydrogen-bond donors (Lipinski definition) is 1. The number of ether oxygens (including phenoxy) is 2. The molecular formula is C26H32N2O4. The van der Waals surface area contributed by atoms with Crippen molar-refractivity contribution in [1.82, 2.24) is 10.2 Å². The van der Waals surface area contributed by atoms with E-state index in [4.69, 9.17) is 9.47 Å². The Morgan fingerprint density at radius 1 is 1.09 bits per heavy atom. The van der Waals surface area contributed by atoms with E-state index < -0.39 is 0 Å². The van der Waals surface area contributed by atoms with Crippen LogP contribution in [0.3, 0.4) is 0 Å². The van der Waals surface area contributed by atoms with Crippen LogP contribution < -0.4 is 10.1 Å². The zero-order valence-corrected chi connectivity index (χ0v) is 18.7. The van der Waals surface area contributed by atoms with E-state index in [9.17, 15) is 9.59 Å². The summed E-state index contributed by atoms with van der Waals surface area (Å²) in [4.78, 5) is 27.3. The van der Waals surface area contributed by atoms with Gasteiger partial charge in [0.2, 0.25) is 5.91 Å². The molecule has 170 valence electrons. The average Bonchev–Trinajstić information content (AvgIpc) is 2.84. The van der Waals surface area contributed by atoms with Crippen molar-refractivity contribution in [2.45, 2.75) is 44.2 Å². The summed E-state index contributed by atoms with van der Waals surface area (Å²) >= 11 is 0. The summed E-state index contributed by atoms with van der Waals surface area (Å²) in [5.74, 6) is 1.22. The first-order valence-corrected chi connectivity index (χ1v) is 11.4. The minimum atomic E-state index is -0.209. The minimum absolute atomic E-state index is 0.0511. The molecule has 2 aliphatic heterocycles. The Bertz CT molecular complexity index is 905. The molecule has 6 heteroatoms. The van der Waals surface area contributed by atoms with Crippen molar-refractivity contribution in [1.29, 1.82) is 0 Å². The summed E-state index contributed by atoms with van der Waals surface area (Å²) in [6.45, 7) is 2.61. The van der Waals surface area contributed by atoms with Crippen LogP contribution in [0.25, 0.3) is 0 Å². The number of nitrogens with one attached hydrogen (secondary N) is 1. The Morgan fingerprint density at radius 3 is 2.50 bits per heavy atom. The van der Waals surface area contributed by atoms with E-state index in [0.29, 0.717) is 44.1 Å². The van der Waals surface area contributed by atoms with E-state index in [0.717, 1.165) is 37.0 Å². The van der Waals surface area contributed by atoms with Crippen LogP contribution in [0, 0.1) is 5.92 Å². The van der Waals surface area contributed by atoms with Gasteiger partial charge in [0.15, 0.2) is 0 Å². The highest BCUT2D eigenvalue weighted by Gasteiger charge is 2.41. The van der Waals surface area contributed by atoms with Crippen molar-refractivity contribution in [3.05, 3.63) is 65.7 Å². The molecule has 32 heavy (non-hydrogen) atoms. The van der Waals surface area contributed by atoms with E-state index in [2.05, 4.69) is 5.32 Å². The zero-order chi connectivity index (χ0) is 22.4. The molecule has 6 nitrogen and oxygen atoms in total. The summed E-state index contributed by atoms with van der Waals surface area (Å²) in [5.41, 5.74) is 1.58. The highest BCUT2D eigenvalue weighted by Crippen LogP contribution is 2.39. The number of carbonyl (C=O) groups excluding carboxylic acids is 2. The summed E-state index contributed by atoms with van der Waals surface area (Å²) < 4.78 is 11.4. The molecule has 2 aliphatic rings. The van der Waals surface area contributed by atoms with Gasteiger partial charge < -0.3 is 19.7 Å². The lowest BCUT2D eigenvalue weighted by Crippen LogP contribution is -2.51. The maximum Gasteiger partial charge on any atom is 0.253 e. The maximum atomic E-state index is 12.9. The summed E-state index contributed by atoms with van der Waals surface area (Å²) in [6.07, 6.45) is 3.96. The molecule has 1 spiro atoms. The van der Waals surface area contributed by atoms with Crippen LogP contribution in [-0.4, -0.2) is 49.1 Å². The van der Waals surface area contributed by atoms with Crippen LogP contribution in [0.1, 0.15) is 48.0 Å². The molecule has 2 heterocycles. The third-order valence-electron chi connectivity index (χ3n) is 6.70. The van der Waals surface area contributed by atoms with Gasteiger partial charge >= 0.3 is 0 Å². The minimum Gasteiger partial charge on any atom is -0.497 e. The number of amides is 2. The largest absolute Gasteiger partial charge is 0.497 e. The van der Waals surface area contributed by atoms with Crippen molar-refractivity contribution >= 4 is 11.8 Å². The molecule has 2 aromatic rings. The predicted molar refractivity (Wildman–Crippen MR) is 122 cm³/mol. The first-order chi connectivity index (χ1) is 15.6. The monoisotopic (exact) mass is 436 g/mol. The number of nitrogens with zero attached hydrogens (tertiary/aromatic N) is 1. The number of piperidine rings is 1. The molecule has 2 amide bonds. The van der Waals surface area contributed by atoms with E-state index in [1.54, 1.807) is 7.11 Å². The van der Waals surface area contributed by atoms with Crippen LogP contribution in [0.5, 0.6) is 5.75 Å². The molecule has 0 aromatic heterocycles. The van der Waals surface area contributed by atoms with Crippen LogP contribution in [0.2, 0.25) is 0 Å². The molecule has 0 aliphatic carbocycles. The number of rotatable bonds is 6. The molecule has 0 radical (unpaired) electrons. The Hall–Kier alpha value is -2.86. The van der Waals surface area contributed by atoms with E-state index in [-0.39, 0.29) is 17.4 Å². The van der Waals surface area contributed by atoms with Crippen LogP contribution >= 0.6 is 0 Å². The topological polar surface area (TPSA) is 67.9 Å². The van der Waals surface area contributed by atoms with Gasteiger partial charge in [0, 0.05) is 38.2 Å². The fourth-order valence-corrected chi connectivity index (χ4v) is 4.82. The SMILES string of the molecule is COc1ccc(C(=O)N2CCC3(CC2)CC(CC(=O)NCc2ccccc2)CCO3)cc1. The first kappa shape index (κ1) is 22.3. The Morgan fingerprint density at radius 2 is 1.81 bits per heavy atom. The number of methoxy groups -OCH3 is 1. The summed E-state index contributed by atoms with van der Waals surface area (Å²) in [6, 6.07) is 17.2. The van der Waals surface area contributed by atoms with E-state index >= 15 is 0 Å². The number of carbonyl (C=O) groups is 2. The molecule has 1 N–H and O–H groups in total. The Balaban J connectivity index is 1.26. The van der Waals surface area contributed by atoms with Crippen molar-refractivity contribution in [3.8, 4) is 5.75 Å². The van der Waals surface area contributed by atoms with Gasteiger partial charge in [-0.15, -0.1) is 0 Å². The first-order valence-electron chi connectivity index (χ1n) is 11.4. The van der Waals surface area contributed by atoms with Gasteiger partial charge in [-0.1, -0.05) is 30.3 Å². The zero-order valence-electron chi connectivity index (χ0n) is 18.7. The molecule has 2 saturated heterocycles. The average molecular weight is 437 g/mol. The predicted octanol–water partition coefficient (Wildman–Crippen LogP) is 3.80. The summed E-state index contributed by atoms with van der Waals surface area (Å²) in [7, 11) is 1.62. The normalized spacial score (nSPS) is 20.0. The number of likely N-dealkylation sites (tertiary alicyclic amines) is 1. The fraction of sp³-hybridized carbons (Fsp3) is 0.462. The van der Waals surface area contributed by atoms with Gasteiger partial charge in [0.1, 0.15) is 5.75 Å². The van der Waals surface area contributed by atoms with Gasteiger partial charge in [-0.3, -0.25) is 9.59 Å². The van der Waals surface area contributed by atoms with Gasteiger partial charge in [0.05, 0.1) is 12.7 Å². The van der Waals surface area contributed by atoms with E-state index in [1.807, 2.05) is 59.5 Å². The quantitative estimate of drug-likeness (QED) is 0.748. The van der Waals surface area contributed by atoms with Gasteiger partial charge in [0.25, 0.3) is 5.91 Å². The molecular weight excluding hydrogens is 404 g/mol. The molecule has 1 unspecified atom stereocenters. The van der Waals surface area contributed by atoms with Crippen LogP contribution in [-0.2, 0) is 16.1 Å². The summed E-state index contributed by atoms with van der Waals surface area (Å²) in [5, 5.41) is 3.04. The molecule has 4 rings (SSSR count). The third kappa shape index (κ3) is 5.49. The van der Waals surface area contributed by atoms with Crippen molar-refractivity contribution in [2.24, 2.45) is 5.92 Å². The third-order valence-corrected chi connectivity index (χ3v) is 6.70. The Kier molecular flexibility index (Phi) is 7.10. The van der Waals surface area contributed by atoms with Crippen molar-refractivity contribution in [2.75, 3.05) is 26.8 Å². The molecule has 0 bridgehead atoms. The number of hydrogen-bond acceptors (Lipinski definition) is 4. The fourth-order valence-electron chi connectivity index (χ4n) is 4.82. The molecule has 2 fully saturated rings. The highest BCUT2D eigenvalue weighted by atomic mass is 16.5. The second-order valence-corrected chi connectivity index (χ2v) is 8.88. The lowest BCUT2D eigenvalue weighted by atomic mass is 9.78. The second-order valence-electron chi connectivity index (χ2n) is 8.88. The van der Waals surface area contributed by atoms with Crippen molar-refractivity contribution in [3.63, 3.8) is 0 Å². The van der Waals surface area contributed by atoms with E-state index in [1.165, 1.54) is 0 Å². The van der Waals surface area contributed by atoms with Gasteiger partial charge in [-0.25, -0.2) is 0 Å². The highest BCUT2D eigenvalue weighted by molar-refractivity contribution is 5.94. The maximum absolute atomic E-state index is 12.9. The van der Waals surface area contributed by atoms with Gasteiger partial charge in [-0.05, 0) is 61.4 Å². The number of benzene rings is 2. The standard InChI is InChI=1S/C26H32N2O4/c1-31-23-9-7-22(8-10-23)25(30)28-14-12-26(13-15-28)18-21(11-16-32-26)17-24(29)27-19-20-5-3-2-4-6-20/h2-10,21H,11-19H2,1H3,(H,27,29). The molecule has 1 atom stereocenters. The molecule has 0 saturated carbocycles. The molecule has 2 aromatic carbocycles. The van der Waals surface area contributed by atoms with Crippen LogP contribution in [0.15, 0.2) is 54.6 Å². The second kappa shape index (κ2) is 10.2. The lowest BCUT2D eigenvalue weighted by molar-refractivity contribution is -0.134. The smallest absolute Gasteiger partial charge is 0.253 e. The lowest BCUT2D eigenvalue weighted by Gasteiger charge is -2.46.